The van der Waals surface area contributed by atoms with Gasteiger partial charge < -0.3 is 19.5 Å². The summed E-state index contributed by atoms with van der Waals surface area (Å²) in [5.74, 6) is 1.53. The number of ether oxygens (including phenoxy) is 3. The molecule has 1 fully saturated rings. The van der Waals surface area contributed by atoms with Crippen LogP contribution < -0.4 is 14.8 Å². The Hall–Kier alpha value is -0.780. The van der Waals surface area contributed by atoms with Crippen molar-refractivity contribution >= 4 is 15.9 Å². The number of halogens is 1. The molecule has 1 N–H and O–H groups in total. The third-order valence-electron chi connectivity index (χ3n) is 3.66. The summed E-state index contributed by atoms with van der Waals surface area (Å²) < 4.78 is 17.5. The van der Waals surface area contributed by atoms with E-state index in [-0.39, 0.29) is 0 Å². The number of rotatable bonds is 6. The van der Waals surface area contributed by atoms with Crippen molar-refractivity contribution in [2.75, 3.05) is 20.3 Å². The first-order valence-corrected chi connectivity index (χ1v) is 8.27. The zero-order valence-corrected chi connectivity index (χ0v) is 14.5. The fourth-order valence-corrected chi connectivity index (χ4v) is 3.21. The van der Waals surface area contributed by atoms with Gasteiger partial charge in [0.15, 0.2) is 11.5 Å². The van der Waals surface area contributed by atoms with Crippen molar-refractivity contribution in [3.05, 3.63) is 22.2 Å². The van der Waals surface area contributed by atoms with Crippen molar-refractivity contribution in [2.45, 2.75) is 45.4 Å². The van der Waals surface area contributed by atoms with Gasteiger partial charge in [-0.25, -0.2) is 0 Å². The van der Waals surface area contributed by atoms with E-state index in [1.54, 1.807) is 7.11 Å². The molecule has 0 saturated carbocycles. The maximum Gasteiger partial charge on any atom is 0.175 e. The van der Waals surface area contributed by atoms with Gasteiger partial charge in [-0.2, -0.15) is 0 Å². The zero-order chi connectivity index (χ0) is 15.2. The number of methoxy groups -OCH3 is 1. The van der Waals surface area contributed by atoms with Crippen LogP contribution >= 0.6 is 15.9 Å². The van der Waals surface area contributed by atoms with E-state index in [4.69, 9.17) is 14.2 Å². The van der Waals surface area contributed by atoms with E-state index in [2.05, 4.69) is 34.2 Å². The normalized spacial score (nSPS) is 22.1. The van der Waals surface area contributed by atoms with Gasteiger partial charge in [-0.1, -0.05) is 0 Å². The maximum absolute atomic E-state index is 5.61. The maximum atomic E-state index is 5.61. The van der Waals surface area contributed by atoms with Crippen LogP contribution in [0.2, 0.25) is 0 Å². The summed E-state index contributed by atoms with van der Waals surface area (Å²) in [6.07, 6.45) is 2.48. The Morgan fingerprint density at radius 3 is 2.90 bits per heavy atom. The van der Waals surface area contributed by atoms with E-state index >= 15 is 0 Å². The van der Waals surface area contributed by atoms with E-state index in [0.717, 1.165) is 42.0 Å². The molecule has 1 aromatic rings. The van der Waals surface area contributed by atoms with Crippen molar-refractivity contribution in [1.29, 1.82) is 0 Å². The van der Waals surface area contributed by atoms with Gasteiger partial charge in [-0.3, -0.25) is 0 Å². The second-order valence-electron chi connectivity index (χ2n) is 5.33. The predicted molar refractivity (Wildman–Crippen MR) is 87.1 cm³/mol. The highest BCUT2D eigenvalue weighted by Gasteiger charge is 2.19. The third kappa shape index (κ3) is 4.59. The lowest BCUT2D eigenvalue weighted by Gasteiger charge is -2.28. The molecule has 1 aromatic carbocycles. The summed E-state index contributed by atoms with van der Waals surface area (Å²) in [5.41, 5.74) is 1.18. The molecule has 0 aromatic heterocycles. The summed E-state index contributed by atoms with van der Waals surface area (Å²) in [6, 6.07) is 4.64. The summed E-state index contributed by atoms with van der Waals surface area (Å²) >= 11 is 3.56. The molecule has 1 aliphatic heterocycles. The molecule has 21 heavy (non-hydrogen) atoms. The lowest BCUT2D eigenvalue weighted by Crippen LogP contribution is -2.37. The third-order valence-corrected chi connectivity index (χ3v) is 4.25. The molecule has 0 radical (unpaired) electrons. The van der Waals surface area contributed by atoms with Crippen LogP contribution in [0.15, 0.2) is 16.6 Å². The highest BCUT2D eigenvalue weighted by atomic mass is 79.9. The monoisotopic (exact) mass is 357 g/mol. The van der Waals surface area contributed by atoms with Crippen molar-refractivity contribution in [3.63, 3.8) is 0 Å². The van der Waals surface area contributed by atoms with Gasteiger partial charge in [-0.15, -0.1) is 0 Å². The van der Waals surface area contributed by atoms with Crippen LogP contribution in [0.3, 0.4) is 0 Å². The molecule has 2 atom stereocenters. The molecule has 1 heterocycles. The Labute approximate surface area is 135 Å². The van der Waals surface area contributed by atoms with Crippen molar-refractivity contribution in [3.8, 4) is 11.5 Å². The first kappa shape index (κ1) is 16.6. The molecule has 0 aliphatic carbocycles. The van der Waals surface area contributed by atoms with Gasteiger partial charge >= 0.3 is 0 Å². The summed E-state index contributed by atoms with van der Waals surface area (Å²) in [4.78, 5) is 0. The van der Waals surface area contributed by atoms with Crippen molar-refractivity contribution < 1.29 is 14.2 Å². The molecule has 1 aliphatic rings. The average molecular weight is 358 g/mol. The highest BCUT2D eigenvalue weighted by molar-refractivity contribution is 9.10. The van der Waals surface area contributed by atoms with E-state index in [1.807, 2.05) is 13.0 Å². The van der Waals surface area contributed by atoms with Crippen LogP contribution in [0.1, 0.15) is 32.3 Å². The van der Waals surface area contributed by atoms with Crippen LogP contribution in [-0.2, 0) is 11.3 Å². The average Bonchev–Trinajstić information content (AvgIpc) is 2.47. The fraction of sp³-hybridized carbons (Fsp3) is 0.625. The molecule has 4 nitrogen and oxygen atoms in total. The largest absolute Gasteiger partial charge is 0.493 e. The molecule has 2 rings (SSSR count). The fourth-order valence-electron chi connectivity index (χ4n) is 2.61. The standard InChI is InChI=1S/C16H24BrNO3/c1-4-20-16-14(17)8-12(9-15(16)19-3)10-18-13-5-6-21-11(2)7-13/h8-9,11,13,18H,4-7,10H2,1-3H3. The minimum Gasteiger partial charge on any atom is -0.493 e. The van der Waals surface area contributed by atoms with Crippen LogP contribution in [0, 0.1) is 0 Å². The van der Waals surface area contributed by atoms with Crippen LogP contribution in [0.25, 0.3) is 0 Å². The summed E-state index contributed by atoms with van der Waals surface area (Å²) in [6.45, 7) is 6.37. The second-order valence-corrected chi connectivity index (χ2v) is 6.18. The summed E-state index contributed by atoms with van der Waals surface area (Å²) in [7, 11) is 1.67. The lowest BCUT2D eigenvalue weighted by atomic mass is 10.0. The molecule has 1 saturated heterocycles. The zero-order valence-electron chi connectivity index (χ0n) is 12.9. The lowest BCUT2D eigenvalue weighted by molar-refractivity contribution is 0.0130. The number of nitrogens with one attached hydrogen (secondary N) is 1. The topological polar surface area (TPSA) is 39.7 Å². The molecule has 0 amide bonds. The van der Waals surface area contributed by atoms with Crippen LogP contribution in [0.5, 0.6) is 11.5 Å². The minimum absolute atomic E-state index is 0.345. The van der Waals surface area contributed by atoms with Gasteiger partial charge in [0.05, 0.1) is 24.3 Å². The van der Waals surface area contributed by atoms with Gasteiger partial charge in [0.1, 0.15) is 0 Å². The predicted octanol–water partition coefficient (Wildman–Crippen LogP) is 3.51. The second kappa shape index (κ2) is 8.01. The van der Waals surface area contributed by atoms with E-state index in [1.165, 1.54) is 5.56 Å². The molecule has 118 valence electrons. The molecule has 0 bridgehead atoms. The van der Waals surface area contributed by atoms with Gasteiger partial charge in [0.25, 0.3) is 0 Å². The Balaban J connectivity index is 2.01. The number of hydrogen-bond donors (Lipinski definition) is 1. The van der Waals surface area contributed by atoms with Gasteiger partial charge in [0, 0.05) is 19.2 Å². The highest BCUT2D eigenvalue weighted by Crippen LogP contribution is 2.36. The Bertz CT molecular complexity index is 467. The summed E-state index contributed by atoms with van der Waals surface area (Å²) in [5, 5.41) is 3.60. The molecule has 0 spiro atoms. The quantitative estimate of drug-likeness (QED) is 0.845. The Morgan fingerprint density at radius 2 is 2.24 bits per heavy atom. The molecule has 5 heteroatoms. The Kier molecular flexibility index (Phi) is 6.33. The molecule has 2 unspecified atom stereocenters. The minimum atomic E-state index is 0.345. The van der Waals surface area contributed by atoms with E-state index < -0.39 is 0 Å². The number of benzene rings is 1. The van der Waals surface area contributed by atoms with E-state index in [0.29, 0.717) is 18.8 Å². The van der Waals surface area contributed by atoms with Crippen molar-refractivity contribution in [2.24, 2.45) is 0 Å². The van der Waals surface area contributed by atoms with Crippen molar-refractivity contribution in [1.82, 2.24) is 5.32 Å². The molecular weight excluding hydrogens is 334 g/mol. The Morgan fingerprint density at radius 1 is 1.43 bits per heavy atom. The van der Waals surface area contributed by atoms with Gasteiger partial charge in [-0.05, 0) is 60.3 Å². The first-order valence-electron chi connectivity index (χ1n) is 7.48. The van der Waals surface area contributed by atoms with Crippen LogP contribution in [-0.4, -0.2) is 32.5 Å². The van der Waals surface area contributed by atoms with E-state index in [9.17, 15) is 0 Å². The SMILES string of the molecule is CCOc1c(Br)cc(CNC2CCOC(C)C2)cc1OC. The number of hydrogen-bond acceptors (Lipinski definition) is 4. The first-order chi connectivity index (χ1) is 10.1. The smallest absolute Gasteiger partial charge is 0.175 e. The molecular formula is C16H24BrNO3. The van der Waals surface area contributed by atoms with Gasteiger partial charge in [0.2, 0.25) is 0 Å². The van der Waals surface area contributed by atoms with Crippen LogP contribution in [0.4, 0.5) is 0 Å².